The Bertz CT molecular complexity index is 499. The van der Waals surface area contributed by atoms with E-state index in [9.17, 15) is 9.59 Å². The SMILES string of the molecule is O=C(O)/C(Cl)=C(\Cl)C(=O)Nc1cccc(Cl)c1. The smallest absolute Gasteiger partial charge is 0.349 e. The normalized spacial score (nSPS) is 11.7. The minimum Gasteiger partial charge on any atom is -0.477 e. The molecule has 0 aliphatic heterocycles. The van der Waals surface area contributed by atoms with Crippen molar-refractivity contribution >= 4 is 52.4 Å². The third-order valence-corrected chi connectivity index (χ3v) is 2.71. The van der Waals surface area contributed by atoms with Gasteiger partial charge in [-0.25, -0.2) is 4.79 Å². The van der Waals surface area contributed by atoms with Crippen molar-refractivity contribution in [3.8, 4) is 0 Å². The average molecular weight is 295 g/mol. The van der Waals surface area contributed by atoms with Gasteiger partial charge in [-0.15, -0.1) is 0 Å². The molecule has 1 amide bonds. The van der Waals surface area contributed by atoms with Crippen molar-refractivity contribution in [3.05, 3.63) is 39.4 Å². The molecule has 0 unspecified atom stereocenters. The van der Waals surface area contributed by atoms with Crippen LogP contribution in [-0.4, -0.2) is 17.0 Å². The first-order valence-corrected chi connectivity index (χ1v) is 5.40. The van der Waals surface area contributed by atoms with Crippen molar-refractivity contribution in [2.24, 2.45) is 0 Å². The van der Waals surface area contributed by atoms with Gasteiger partial charge in [-0.3, -0.25) is 4.79 Å². The standard InChI is InChI=1S/C10H6Cl3NO3/c11-5-2-1-3-6(4-5)14-9(15)7(12)8(13)10(16)17/h1-4H,(H,14,15)(H,16,17)/b8-7+. The average Bonchev–Trinajstić information content (AvgIpc) is 2.26. The van der Waals surface area contributed by atoms with Gasteiger partial charge in [0, 0.05) is 10.7 Å². The maximum absolute atomic E-state index is 11.5. The lowest BCUT2D eigenvalue weighted by Crippen LogP contribution is -2.14. The Kier molecular flexibility index (Phi) is 4.81. The minimum atomic E-state index is -1.47. The summed E-state index contributed by atoms with van der Waals surface area (Å²) in [5.41, 5.74) is 0.385. The zero-order valence-electron chi connectivity index (χ0n) is 8.21. The van der Waals surface area contributed by atoms with Crippen molar-refractivity contribution in [2.45, 2.75) is 0 Å². The van der Waals surface area contributed by atoms with Gasteiger partial charge in [0.2, 0.25) is 0 Å². The van der Waals surface area contributed by atoms with Crippen LogP contribution in [0.2, 0.25) is 5.02 Å². The van der Waals surface area contributed by atoms with Crippen LogP contribution in [0.4, 0.5) is 5.69 Å². The molecule has 0 heterocycles. The van der Waals surface area contributed by atoms with E-state index in [4.69, 9.17) is 39.9 Å². The molecule has 17 heavy (non-hydrogen) atoms. The van der Waals surface area contributed by atoms with E-state index in [1.165, 1.54) is 6.07 Å². The summed E-state index contributed by atoms with van der Waals surface area (Å²) < 4.78 is 0. The van der Waals surface area contributed by atoms with Gasteiger partial charge in [-0.05, 0) is 18.2 Å². The number of nitrogens with one attached hydrogen (secondary N) is 1. The van der Waals surface area contributed by atoms with Crippen molar-refractivity contribution in [2.75, 3.05) is 5.32 Å². The van der Waals surface area contributed by atoms with Gasteiger partial charge in [-0.2, -0.15) is 0 Å². The molecule has 0 spiro atoms. The molecule has 4 nitrogen and oxygen atoms in total. The summed E-state index contributed by atoms with van der Waals surface area (Å²) in [5.74, 6) is -2.29. The van der Waals surface area contributed by atoms with Crippen LogP contribution < -0.4 is 5.32 Å². The predicted molar refractivity (Wildman–Crippen MR) is 66.4 cm³/mol. The van der Waals surface area contributed by atoms with Gasteiger partial charge >= 0.3 is 5.97 Å². The highest BCUT2D eigenvalue weighted by Crippen LogP contribution is 2.19. The summed E-state index contributed by atoms with van der Waals surface area (Å²) >= 11 is 16.5. The van der Waals surface area contributed by atoms with Gasteiger partial charge in [0.1, 0.15) is 10.1 Å². The molecule has 0 aromatic heterocycles. The number of hydrogen-bond donors (Lipinski definition) is 2. The Morgan fingerprint density at radius 2 is 1.82 bits per heavy atom. The fraction of sp³-hybridized carbons (Fsp3) is 0. The van der Waals surface area contributed by atoms with Crippen LogP contribution in [0.15, 0.2) is 34.3 Å². The molecule has 1 rings (SSSR count). The van der Waals surface area contributed by atoms with Crippen LogP contribution in [0.5, 0.6) is 0 Å². The van der Waals surface area contributed by atoms with Gasteiger partial charge < -0.3 is 10.4 Å². The van der Waals surface area contributed by atoms with Crippen LogP contribution in [0.1, 0.15) is 0 Å². The van der Waals surface area contributed by atoms with E-state index in [0.717, 1.165) is 0 Å². The Hall–Kier alpha value is -1.23. The molecule has 0 bridgehead atoms. The number of carboxylic acid groups (broad SMARTS) is 1. The number of amides is 1. The highest BCUT2D eigenvalue weighted by atomic mass is 35.5. The van der Waals surface area contributed by atoms with Crippen LogP contribution in [0.25, 0.3) is 0 Å². The lowest BCUT2D eigenvalue weighted by molar-refractivity contribution is -0.132. The lowest BCUT2D eigenvalue weighted by atomic mass is 10.3. The first-order valence-electron chi connectivity index (χ1n) is 4.27. The summed E-state index contributed by atoms with van der Waals surface area (Å²) in [6, 6.07) is 6.30. The van der Waals surface area contributed by atoms with Crippen molar-refractivity contribution < 1.29 is 14.7 Å². The second-order valence-corrected chi connectivity index (χ2v) is 4.09. The minimum absolute atomic E-state index is 0.385. The predicted octanol–water partition coefficient (Wildman–Crippen LogP) is 3.05. The second-order valence-electron chi connectivity index (χ2n) is 2.90. The third kappa shape index (κ3) is 3.93. The highest BCUT2D eigenvalue weighted by Gasteiger charge is 2.17. The fourth-order valence-corrected chi connectivity index (χ4v) is 1.35. The molecule has 0 saturated heterocycles. The number of benzene rings is 1. The van der Waals surface area contributed by atoms with Gasteiger partial charge in [0.05, 0.1) is 0 Å². The number of hydrogen-bond acceptors (Lipinski definition) is 2. The molecule has 1 aromatic carbocycles. The maximum Gasteiger partial charge on any atom is 0.349 e. The third-order valence-electron chi connectivity index (χ3n) is 1.66. The van der Waals surface area contributed by atoms with Crippen LogP contribution in [0.3, 0.4) is 0 Å². The Morgan fingerprint density at radius 1 is 1.18 bits per heavy atom. The van der Waals surface area contributed by atoms with E-state index < -0.39 is 21.9 Å². The lowest BCUT2D eigenvalue weighted by Gasteiger charge is -2.04. The molecule has 0 atom stereocenters. The largest absolute Gasteiger partial charge is 0.477 e. The molecular weight excluding hydrogens is 288 g/mol. The zero-order chi connectivity index (χ0) is 13.0. The first kappa shape index (κ1) is 13.8. The summed E-state index contributed by atoms with van der Waals surface area (Å²) in [6.07, 6.45) is 0. The van der Waals surface area contributed by atoms with Gasteiger partial charge in [-0.1, -0.05) is 40.9 Å². The molecule has 0 aliphatic carbocycles. The zero-order valence-corrected chi connectivity index (χ0v) is 10.5. The Labute approximate surface area is 112 Å². The molecule has 0 radical (unpaired) electrons. The topological polar surface area (TPSA) is 66.4 Å². The van der Waals surface area contributed by atoms with Crippen molar-refractivity contribution in [3.63, 3.8) is 0 Å². The quantitative estimate of drug-likeness (QED) is 0.842. The number of anilines is 1. The van der Waals surface area contributed by atoms with Gasteiger partial charge in [0.15, 0.2) is 0 Å². The number of aliphatic carboxylic acids is 1. The van der Waals surface area contributed by atoms with E-state index in [-0.39, 0.29) is 0 Å². The van der Waals surface area contributed by atoms with E-state index in [0.29, 0.717) is 10.7 Å². The second kappa shape index (κ2) is 5.91. The number of carbonyl (C=O) groups excluding carboxylic acids is 1. The molecule has 7 heteroatoms. The number of halogens is 3. The number of carboxylic acids is 1. The van der Waals surface area contributed by atoms with E-state index in [1.54, 1.807) is 18.2 Å². The molecule has 2 N–H and O–H groups in total. The fourth-order valence-electron chi connectivity index (χ4n) is 0.946. The monoisotopic (exact) mass is 293 g/mol. The van der Waals surface area contributed by atoms with Crippen LogP contribution >= 0.6 is 34.8 Å². The summed E-state index contributed by atoms with van der Waals surface area (Å²) in [4.78, 5) is 22.0. The first-order chi connectivity index (χ1) is 7.91. The van der Waals surface area contributed by atoms with Crippen LogP contribution in [0, 0.1) is 0 Å². The van der Waals surface area contributed by atoms with E-state index in [2.05, 4.69) is 5.32 Å². The molecular formula is C10H6Cl3NO3. The van der Waals surface area contributed by atoms with E-state index in [1.807, 2.05) is 0 Å². The molecule has 0 fully saturated rings. The maximum atomic E-state index is 11.5. The van der Waals surface area contributed by atoms with Crippen molar-refractivity contribution in [1.29, 1.82) is 0 Å². The number of rotatable bonds is 3. The van der Waals surface area contributed by atoms with Gasteiger partial charge in [0.25, 0.3) is 5.91 Å². The molecule has 0 aliphatic rings. The van der Waals surface area contributed by atoms with Crippen LogP contribution in [-0.2, 0) is 9.59 Å². The molecule has 1 aromatic rings. The summed E-state index contributed by atoms with van der Waals surface area (Å²) in [7, 11) is 0. The molecule has 0 saturated carbocycles. The van der Waals surface area contributed by atoms with E-state index >= 15 is 0 Å². The Morgan fingerprint density at radius 3 is 2.35 bits per heavy atom. The van der Waals surface area contributed by atoms with Crippen molar-refractivity contribution in [1.82, 2.24) is 0 Å². The highest BCUT2D eigenvalue weighted by molar-refractivity contribution is 6.54. The molecule has 90 valence electrons. The summed E-state index contributed by atoms with van der Waals surface area (Å²) in [5, 5.41) is 9.97. The summed E-state index contributed by atoms with van der Waals surface area (Å²) in [6.45, 7) is 0. The Balaban J connectivity index is 2.87. The number of carbonyl (C=O) groups is 2.